The Bertz CT molecular complexity index is 380. The molecule has 0 saturated carbocycles. The summed E-state index contributed by atoms with van der Waals surface area (Å²) in [7, 11) is 0. The topological polar surface area (TPSA) is 41.1 Å². The van der Waals surface area contributed by atoms with Gasteiger partial charge in [0.25, 0.3) is 0 Å². The van der Waals surface area contributed by atoms with Gasteiger partial charge in [0.05, 0.1) is 6.54 Å². The molecule has 0 aliphatic heterocycles. The smallest absolute Gasteiger partial charge is 0.238 e. The van der Waals surface area contributed by atoms with Gasteiger partial charge in [-0.3, -0.25) is 4.79 Å². The molecule has 0 fully saturated rings. The lowest BCUT2D eigenvalue weighted by molar-refractivity contribution is -0.115. The minimum absolute atomic E-state index is 0.0407. The second-order valence-corrected chi connectivity index (χ2v) is 4.45. The van der Waals surface area contributed by atoms with Gasteiger partial charge in [-0.2, -0.15) is 0 Å². The van der Waals surface area contributed by atoms with E-state index in [9.17, 15) is 4.79 Å². The van der Waals surface area contributed by atoms with E-state index in [1.165, 1.54) is 0 Å². The first kappa shape index (κ1) is 14.0. The molecule has 1 rings (SSSR count). The highest BCUT2D eigenvalue weighted by Crippen LogP contribution is 2.19. The van der Waals surface area contributed by atoms with Crippen LogP contribution >= 0.6 is 11.6 Å². The number of aryl methyl sites for hydroxylation is 1. The van der Waals surface area contributed by atoms with E-state index in [0.29, 0.717) is 11.6 Å². The minimum Gasteiger partial charge on any atom is -0.325 e. The van der Waals surface area contributed by atoms with E-state index >= 15 is 0 Å². The molecule has 94 valence electrons. The van der Waals surface area contributed by atoms with Gasteiger partial charge in [0.2, 0.25) is 5.91 Å². The third-order valence-electron chi connectivity index (χ3n) is 2.45. The van der Waals surface area contributed by atoms with E-state index in [1.807, 2.05) is 19.1 Å². The van der Waals surface area contributed by atoms with E-state index in [0.717, 1.165) is 30.6 Å². The number of anilines is 1. The third-order valence-corrected chi connectivity index (χ3v) is 2.86. The Labute approximate surface area is 108 Å². The lowest BCUT2D eigenvalue weighted by Gasteiger charge is -2.07. The SMILES string of the molecule is CCCCNCC(=O)Nc1ccc(C)c(Cl)c1. The average Bonchev–Trinajstić information content (AvgIpc) is 2.30. The van der Waals surface area contributed by atoms with E-state index in [2.05, 4.69) is 17.6 Å². The normalized spacial score (nSPS) is 10.3. The molecule has 0 aliphatic carbocycles. The molecule has 0 atom stereocenters. The predicted octanol–water partition coefficient (Wildman–Crippen LogP) is 2.98. The molecule has 0 saturated heterocycles. The standard InChI is InChI=1S/C13H19ClN2O/c1-3-4-7-15-9-13(17)16-11-6-5-10(2)12(14)8-11/h5-6,8,15H,3-4,7,9H2,1-2H3,(H,16,17). The molecule has 1 aromatic carbocycles. The van der Waals surface area contributed by atoms with Crippen molar-refractivity contribution in [2.24, 2.45) is 0 Å². The lowest BCUT2D eigenvalue weighted by atomic mass is 10.2. The van der Waals surface area contributed by atoms with Crippen molar-refractivity contribution in [1.82, 2.24) is 5.32 Å². The van der Waals surface area contributed by atoms with Crippen molar-refractivity contribution < 1.29 is 4.79 Å². The summed E-state index contributed by atoms with van der Waals surface area (Å²) >= 11 is 5.98. The quantitative estimate of drug-likeness (QED) is 0.767. The van der Waals surface area contributed by atoms with Gasteiger partial charge in [-0.25, -0.2) is 0 Å². The van der Waals surface area contributed by atoms with Crippen molar-refractivity contribution in [2.45, 2.75) is 26.7 Å². The van der Waals surface area contributed by atoms with Gasteiger partial charge < -0.3 is 10.6 Å². The summed E-state index contributed by atoms with van der Waals surface area (Å²) in [4.78, 5) is 11.6. The molecular formula is C13H19ClN2O. The van der Waals surface area contributed by atoms with Gasteiger partial charge in [-0.1, -0.05) is 31.0 Å². The van der Waals surface area contributed by atoms with Gasteiger partial charge in [0, 0.05) is 10.7 Å². The molecular weight excluding hydrogens is 236 g/mol. The van der Waals surface area contributed by atoms with Crippen molar-refractivity contribution in [2.75, 3.05) is 18.4 Å². The zero-order chi connectivity index (χ0) is 12.7. The molecule has 0 aromatic heterocycles. The zero-order valence-corrected chi connectivity index (χ0v) is 11.1. The van der Waals surface area contributed by atoms with Crippen molar-refractivity contribution in [3.63, 3.8) is 0 Å². The number of rotatable bonds is 6. The van der Waals surface area contributed by atoms with Crippen LogP contribution in [0.1, 0.15) is 25.3 Å². The van der Waals surface area contributed by atoms with Crippen LogP contribution in [0, 0.1) is 6.92 Å². The lowest BCUT2D eigenvalue weighted by Crippen LogP contribution is -2.28. The Morgan fingerprint density at radius 3 is 2.82 bits per heavy atom. The Kier molecular flexibility index (Phi) is 6.01. The second kappa shape index (κ2) is 7.30. The Morgan fingerprint density at radius 2 is 2.18 bits per heavy atom. The summed E-state index contributed by atoms with van der Waals surface area (Å²) < 4.78 is 0. The van der Waals surface area contributed by atoms with Gasteiger partial charge in [0.15, 0.2) is 0 Å². The summed E-state index contributed by atoms with van der Waals surface area (Å²) in [5, 5.41) is 6.56. The maximum absolute atomic E-state index is 11.6. The first-order valence-corrected chi connectivity index (χ1v) is 6.28. The first-order chi connectivity index (χ1) is 8.13. The monoisotopic (exact) mass is 254 g/mol. The van der Waals surface area contributed by atoms with Crippen LogP contribution in [0.25, 0.3) is 0 Å². The van der Waals surface area contributed by atoms with Crippen LogP contribution in [-0.2, 0) is 4.79 Å². The van der Waals surface area contributed by atoms with Crippen LogP contribution in [0.3, 0.4) is 0 Å². The highest BCUT2D eigenvalue weighted by molar-refractivity contribution is 6.31. The van der Waals surface area contributed by atoms with E-state index in [-0.39, 0.29) is 5.91 Å². The Balaban J connectivity index is 2.37. The number of amides is 1. The summed E-state index contributed by atoms with van der Waals surface area (Å²) in [5.74, 6) is -0.0407. The molecule has 2 N–H and O–H groups in total. The number of unbranched alkanes of at least 4 members (excludes halogenated alkanes) is 1. The van der Waals surface area contributed by atoms with Gasteiger partial charge >= 0.3 is 0 Å². The average molecular weight is 255 g/mol. The van der Waals surface area contributed by atoms with E-state index in [1.54, 1.807) is 6.07 Å². The number of carbonyl (C=O) groups is 1. The summed E-state index contributed by atoms with van der Waals surface area (Å²) in [6.45, 7) is 5.26. The summed E-state index contributed by atoms with van der Waals surface area (Å²) in [5.41, 5.74) is 1.74. The van der Waals surface area contributed by atoms with Gasteiger partial charge in [0.1, 0.15) is 0 Å². The van der Waals surface area contributed by atoms with Crippen molar-refractivity contribution in [3.05, 3.63) is 28.8 Å². The number of nitrogens with one attached hydrogen (secondary N) is 2. The van der Waals surface area contributed by atoms with Crippen LogP contribution in [0.15, 0.2) is 18.2 Å². The fourth-order valence-corrected chi connectivity index (χ4v) is 1.56. The number of halogens is 1. The maximum atomic E-state index is 11.6. The molecule has 1 amide bonds. The molecule has 0 bridgehead atoms. The van der Waals surface area contributed by atoms with E-state index in [4.69, 9.17) is 11.6 Å². The van der Waals surface area contributed by atoms with Crippen LogP contribution in [0.5, 0.6) is 0 Å². The third kappa shape index (κ3) is 5.20. The molecule has 1 aromatic rings. The fourth-order valence-electron chi connectivity index (χ4n) is 1.38. The highest BCUT2D eigenvalue weighted by atomic mass is 35.5. The van der Waals surface area contributed by atoms with Crippen LogP contribution in [-0.4, -0.2) is 19.0 Å². The van der Waals surface area contributed by atoms with Crippen LogP contribution in [0.2, 0.25) is 5.02 Å². The second-order valence-electron chi connectivity index (χ2n) is 4.04. The molecule has 0 radical (unpaired) electrons. The molecule has 0 unspecified atom stereocenters. The van der Waals surface area contributed by atoms with Crippen molar-refractivity contribution >= 4 is 23.2 Å². The number of hydrogen-bond donors (Lipinski definition) is 2. The van der Waals surface area contributed by atoms with Crippen LogP contribution in [0.4, 0.5) is 5.69 Å². The van der Waals surface area contributed by atoms with Crippen molar-refractivity contribution in [3.8, 4) is 0 Å². The molecule has 0 spiro atoms. The predicted molar refractivity (Wildman–Crippen MR) is 72.6 cm³/mol. The van der Waals surface area contributed by atoms with E-state index < -0.39 is 0 Å². The molecule has 0 aliphatic rings. The number of benzene rings is 1. The Hall–Kier alpha value is -1.06. The molecule has 3 nitrogen and oxygen atoms in total. The number of hydrogen-bond acceptors (Lipinski definition) is 2. The van der Waals surface area contributed by atoms with Crippen molar-refractivity contribution in [1.29, 1.82) is 0 Å². The fraction of sp³-hybridized carbons (Fsp3) is 0.462. The zero-order valence-electron chi connectivity index (χ0n) is 10.3. The largest absolute Gasteiger partial charge is 0.325 e. The summed E-state index contributed by atoms with van der Waals surface area (Å²) in [6, 6.07) is 5.51. The highest BCUT2D eigenvalue weighted by Gasteiger charge is 2.03. The van der Waals surface area contributed by atoms with Crippen LogP contribution < -0.4 is 10.6 Å². The number of carbonyl (C=O) groups excluding carboxylic acids is 1. The Morgan fingerprint density at radius 1 is 1.41 bits per heavy atom. The molecule has 0 heterocycles. The molecule has 4 heteroatoms. The maximum Gasteiger partial charge on any atom is 0.238 e. The molecule has 17 heavy (non-hydrogen) atoms. The first-order valence-electron chi connectivity index (χ1n) is 5.90. The summed E-state index contributed by atoms with van der Waals surface area (Å²) in [6.07, 6.45) is 2.21. The minimum atomic E-state index is -0.0407. The van der Waals surface area contributed by atoms with Gasteiger partial charge in [-0.15, -0.1) is 0 Å². The van der Waals surface area contributed by atoms with Gasteiger partial charge in [-0.05, 0) is 37.6 Å².